The molecule has 4 heteroatoms. The molecule has 5 saturated carbocycles. The van der Waals surface area contributed by atoms with Gasteiger partial charge in [0.2, 0.25) is 0 Å². The number of benzene rings is 4. The molecule has 10 aliphatic carbocycles. The summed E-state index contributed by atoms with van der Waals surface area (Å²) in [6, 6.07) is 29.3. The minimum atomic E-state index is 0.142. The number of furan rings is 1. The van der Waals surface area contributed by atoms with E-state index in [9.17, 15) is 0 Å². The normalized spacial score (nSPS) is 29.3. The lowest BCUT2D eigenvalue weighted by Gasteiger charge is -2.67. The minimum Gasteiger partial charge on any atom is -0.456 e. The molecule has 6 bridgehead atoms. The molecule has 9 aromatic rings. The Morgan fingerprint density at radius 3 is 1.92 bits per heavy atom. The molecule has 0 N–H and O–H groups in total. The van der Waals surface area contributed by atoms with E-state index in [1.54, 1.807) is 5.56 Å². The van der Waals surface area contributed by atoms with Crippen LogP contribution in [0.5, 0.6) is 0 Å². The maximum atomic E-state index is 6.84. The molecule has 0 atom stereocenters. The van der Waals surface area contributed by atoms with Crippen LogP contribution in [0.4, 0.5) is 0 Å². The molecule has 0 amide bonds. The van der Waals surface area contributed by atoms with Gasteiger partial charge < -0.3 is 8.82 Å². The second-order valence-corrected chi connectivity index (χ2v) is 17.3. The lowest BCUT2D eigenvalue weighted by atomic mass is 9.37. The van der Waals surface area contributed by atoms with Gasteiger partial charge in [-0.05, 0) is 101 Å². The van der Waals surface area contributed by atoms with Gasteiger partial charge in [-0.3, -0.25) is 9.97 Å². The number of aromatic nitrogens is 3. The first-order valence-corrected chi connectivity index (χ1v) is 18.7. The summed E-state index contributed by atoms with van der Waals surface area (Å²) in [5.74, 6) is 1.48. The highest BCUT2D eigenvalue weighted by molar-refractivity contribution is 6.35. The van der Waals surface area contributed by atoms with Crippen LogP contribution in [0, 0.1) is 10.8 Å². The molecule has 0 saturated heterocycles. The maximum Gasteiger partial charge on any atom is 0.136 e. The largest absolute Gasteiger partial charge is 0.456 e. The van der Waals surface area contributed by atoms with Crippen molar-refractivity contribution in [2.24, 2.45) is 10.8 Å². The fraction of sp³-hybridized carbons (Fsp3) is 0.261. The third-order valence-corrected chi connectivity index (χ3v) is 14.9. The zero-order valence-electron chi connectivity index (χ0n) is 27.5. The predicted molar refractivity (Wildman–Crippen MR) is 197 cm³/mol. The monoisotopic (exact) mass is 641 g/mol. The van der Waals surface area contributed by atoms with Gasteiger partial charge in [0.15, 0.2) is 0 Å². The first-order valence-electron chi connectivity index (χ1n) is 18.7. The van der Waals surface area contributed by atoms with Gasteiger partial charge in [-0.1, -0.05) is 66.7 Å². The zero-order chi connectivity index (χ0) is 31.8. The topological polar surface area (TPSA) is 43.3 Å². The third kappa shape index (κ3) is 2.47. The molecule has 0 aliphatic heterocycles. The van der Waals surface area contributed by atoms with Crippen LogP contribution in [0.3, 0.4) is 0 Å². The highest BCUT2D eigenvalue weighted by Crippen LogP contribution is 2.78. The van der Waals surface area contributed by atoms with E-state index in [-0.39, 0.29) is 11.8 Å². The molecule has 5 heterocycles. The number of fused-ring (bicyclic) bond motifs is 10. The van der Waals surface area contributed by atoms with E-state index in [1.807, 2.05) is 0 Å². The molecule has 0 radical (unpaired) electrons. The molecule has 4 aromatic carbocycles. The van der Waals surface area contributed by atoms with Crippen molar-refractivity contribution in [3.63, 3.8) is 0 Å². The van der Waals surface area contributed by atoms with E-state index >= 15 is 0 Å². The van der Waals surface area contributed by atoms with Crippen LogP contribution in [0.1, 0.15) is 107 Å². The fourth-order valence-corrected chi connectivity index (χ4v) is 14.1. The Bertz CT molecular complexity index is 3030. The molecule has 19 rings (SSSR count). The van der Waals surface area contributed by atoms with Gasteiger partial charge in [-0.25, -0.2) is 0 Å². The van der Waals surface area contributed by atoms with Gasteiger partial charge in [0.1, 0.15) is 11.2 Å². The van der Waals surface area contributed by atoms with Gasteiger partial charge in [-0.15, -0.1) is 0 Å². The molecule has 4 nitrogen and oxygen atoms in total. The Morgan fingerprint density at radius 2 is 1.18 bits per heavy atom. The lowest BCUT2D eigenvalue weighted by Crippen LogP contribution is -2.56. The first-order chi connectivity index (χ1) is 24.7. The van der Waals surface area contributed by atoms with Crippen LogP contribution in [0.15, 0.2) is 95.7 Å². The van der Waals surface area contributed by atoms with Gasteiger partial charge in [-0.2, -0.15) is 0 Å². The van der Waals surface area contributed by atoms with Gasteiger partial charge in [0, 0.05) is 49.8 Å². The van der Waals surface area contributed by atoms with E-state index in [4.69, 9.17) is 14.4 Å². The summed E-state index contributed by atoms with van der Waals surface area (Å²) in [5.41, 5.74) is 18.1. The van der Waals surface area contributed by atoms with Crippen LogP contribution in [0.25, 0.3) is 60.0 Å². The second-order valence-electron chi connectivity index (χ2n) is 17.3. The lowest BCUT2D eigenvalue weighted by molar-refractivity contribution is -0.150. The molecule has 50 heavy (non-hydrogen) atoms. The maximum absolute atomic E-state index is 6.84. The van der Waals surface area contributed by atoms with E-state index in [0.29, 0.717) is 22.7 Å². The number of rotatable bonds is 0. The standard InChI is InChI=1S/C46H31N3O/c1-3-9-26-24(7-1)35-25-8-2-4-10-27(25)36(26)43-40(35)37-29-13-33-38(28-11-5-6-12-32(28)50-33)41-39-31(49(44(29)41)30(37)18-48-43)19-47-42-23-16-45-14-22(34(39)42)15-46(17-23,20-45)21-45/h1-13,18-19,22-23,35-36H,14-17,20-21H2. The molecular formula is C46H31N3O. The zero-order valence-corrected chi connectivity index (χ0v) is 27.5. The third-order valence-electron chi connectivity index (χ3n) is 14.9. The van der Waals surface area contributed by atoms with E-state index in [2.05, 4.69) is 95.7 Å². The summed E-state index contributed by atoms with van der Waals surface area (Å²) >= 11 is 0. The summed E-state index contributed by atoms with van der Waals surface area (Å²) in [4.78, 5) is 11.0. The van der Waals surface area contributed by atoms with Crippen molar-refractivity contribution in [1.29, 1.82) is 0 Å². The van der Waals surface area contributed by atoms with Crippen LogP contribution >= 0.6 is 0 Å². The Hall–Kier alpha value is -5.22. The average Bonchev–Trinajstić information content (AvgIpc) is 3.76. The number of pyridine rings is 2. The summed E-state index contributed by atoms with van der Waals surface area (Å²) in [7, 11) is 0. The van der Waals surface area contributed by atoms with E-state index < -0.39 is 0 Å². The second kappa shape index (κ2) is 7.58. The van der Waals surface area contributed by atoms with Crippen LogP contribution in [-0.2, 0) is 0 Å². The molecule has 0 unspecified atom stereocenters. The van der Waals surface area contributed by atoms with Crippen molar-refractivity contribution in [2.45, 2.75) is 62.2 Å². The first kappa shape index (κ1) is 24.8. The van der Waals surface area contributed by atoms with Crippen molar-refractivity contribution in [2.75, 3.05) is 0 Å². The average molecular weight is 642 g/mol. The van der Waals surface area contributed by atoms with Crippen LogP contribution in [0.2, 0.25) is 0 Å². The summed E-state index contributed by atoms with van der Waals surface area (Å²) < 4.78 is 9.41. The van der Waals surface area contributed by atoms with Gasteiger partial charge >= 0.3 is 0 Å². The predicted octanol–water partition coefficient (Wildman–Crippen LogP) is 11.0. The Labute approximate surface area is 287 Å². The number of hydrogen-bond donors (Lipinski definition) is 0. The highest BCUT2D eigenvalue weighted by Gasteiger charge is 2.66. The fourth-order valence-electron chi connectivity index (χ4n) is 14.1. The Morgan fingerprint density at radius 1 is 0.560 bits per heavy atom. The minimum absolute atomic E-state index is 0.142. The van der Waals surface area contributed by atoms with Gasteiger partial charge in [0.05, 0.1) is 40.6 Å². The quantitative estimate of drug-likeness (QED) is 0.165. The summed E-state index contributed by atoms with van der Waals surface area (Å²) in [5, 5.41) is 7.96. The van der Waals surface area contributed by atoms with Crippen molar-refractivity contribution >= 4 is 60.0 Å². The summed E-state index contributed by atoms with van der Waals surface area (Å²) in [6.45, 7) is 0. The van der Waals surface area contributed by atoms with Crippen LogP contribution < -0.4 is 0 Å². The molecule has 2 spiro atoms. The SMILES string of the molecule is c1ccc2c(c1)C1c3ccccc3C2c2c1ncc1c2c2cc3oc4ccccc4c3c3c4c5c(ncc4n1c23)C1CC23CC5CC(C1)(C2)C3. The molecule has 236 valence electrons. The smallest absolute Gasteiger partial charge is 0.136 e. The van der Waals surface area contributed by atoms with E-state index in [1.165, 1.54) is 127 Å². The molecule has 5 aromatic heterocycles. The molecule has 10 aliphatic rings. The van der Waals surface area contributed by atoms with Crippen LogP contribution in [-0.4, -0.2) is 14.4 Å². The van der Waals surface area contributed by atoms with Crippen molar-refractivity contribution in [1.82, 2.24) is 14.4 Å². The number of hydrogen-bond acceptors (Lipinski definition) is 3. The van der Waals surface area contributed by atoms with Crippen molar-refractivity contribution in [3.05, 3.63) is 136 Å². The van der Waals surface area contributed by atoms with E-state index in [0.717, 1.165) is 11.2 Å². The molecular weight excluding hydrogens is 611 g/mol. The molecule has 5 fully saturated rings. The summed E-state index contributed by atoms with van der Waals surface area (Å²) in [6.07, 6.45) is 12.7. The Kier molecular flexibility index (Phi) is 3.77. The van der Waals surface area contributed by atoms with Crippen molar-refractivity contribution in [3.8, 4) is 0 Å². The number of para-hydroxylation sites is 1. The van der Waals surface area contributed by atoms with Gasteiger partial charge in [0.25, 0.3) is 0 Å². The Balaban J connectivity index is 1.16. The number of nitrogens with zero attached hydrogens (tertiary/aromatic N) is 3. The highest BCUT2D eigenvalue weighted by atomic mass is 16.3. The van der Waals surface area contributed by atoms with Crippen molar-refractivity contribution < 1.29 is 4.42 Å².